The highest BCUT2D eigenvalue weighted by molar-refractivity contribution is 7.47. The van der Waals surface area contributed by atoms with Gasteiger partial charge in [0.25, 0.3) is 0 Å². The maximum atomic E-state index is 12.0. The molecule has 1 aromatic rings. The van der Waals surface area contributed by atoms with Crippen LogP contribution in [0.3, 0.4) is 0 Å². The third-order valence-electron chi connectivity index (χ3n) is 3.01. The van der Waals surface area contributed by atoms with Crippen molar-refractivity contribution in [3.05, 3.63) is 29.8 Å². The Labute approximate surface area is 114 Å². The lowest BCUT2D eigenvalue weighted by molar-refractivity contribution is -0.132. The summed E-state index contributed by atoms with van der Waals surface area (Å²) in [6, 6.07) is 6.06. The maximum absolute atomic E-state index is 12.0. The molecule has 0 heterocycles. The molecule has 19 heavy (non-hydrogen) atoms. The van der Waals surface area contributed by atoms with E-state index in [4.69, 9.17) is 10.6 Å². The standard InChI is InChI=1S/C13H19N2O3P/c1-3-15(4-2)13(16)12(14)9-10-5-7-11(8-6-10)19(17)18/h5-8,12H,3-4,9,14H2,1-2H3/p+1. The Morgan fingerprint density at radius 2 is 1.84 bits per heavy atom. The van der Waals surface area contributed by atoms with Crippen molar-refractivity contribution in [2.24, 2.45) is 5.73 Å². The van der Waals surface area contributed by atoms with Crippen molar-refractivity contribution in [1.82, 2.24) is 4.90 Å². The minimum absolute atomic E-state index is 0.0673. The number of benzene rings is 1. The first-order valence-electron chi connectivity index (χ1n) is 6.29. The molecule has 5 nitrogen and oxygen atoms in total. The summed E-state index contributed by atoms with van der Waals surface area (Å²) in [6.45, 7) is 5.13. The van der Waals surface area contributed by atoms with Gasteiger partial charge in [0.05, 0.1) is 6.04 Å². The lowest BCUT2D eigenvalue weighted by Crippen LogP contribution is -2.44. The van der Waals surface area contributed by atoms with E-state index in [0.29, 0.717) is 24.8 Å². The molecule has 0 spiro atoms. The molecule has 0 saturated heterocycles. The van der Waals surface area contributed by atoms with E-state index in [1.807, 2.05) is 13.8 Å². The predicted molar refractivity (Wildman–Crippen MR) is 75.5 cm³/mol. The van der Waals surface area contributed by atoms with Gasteiger partial charge >= 0.3 is 8.03 Å². The van der Waals surface area contributed by atoms with Gasteiger partial charge in [-0.05, 0) is 42.5 Å². The summed E-state index contributed by atoms with van der Waals surface area (Å²) in [5, 5.41) is 0.377. The van der Waals surface area contributed by atoms with Gasteiger partial charge in [0.1, 0.15) is 0 Å². The Kier molecular flexibility index (Phi) is 6.09. The topological polar surface area (TPSA) is 83.6 Å². The molecular formula is C13H20N2O3P+. The molecule has 2 atom stereocenters. The lowest BCUT2D eigenvalue weighted by atomic mass is 10.1. The molecule has 0 fully saturated rings. The minimum Gasteiger partial charge on any atom is -0.342 e. The fourth-order valence-electron chi connectivity index (χ4n) is 1.87. The van der Waals surface area contributed by atoms with E-state index in [1.54, 1.807) is 29.2 Å². The SMILES string of the molecule is CCN(CC)C(=O)C(N)Cc1ccc([P+](=O)O)cc1. The highest BCUT2D eigenvalue weighted by Gasteiger charge is 2.20. The van der Waals surface area contributed by atoms with Crippen molar-refractivity contribution in [3.8, 4) is 0 Å². The van der Waals surface area contributed by atoms with Gasteiger partial charge in [0.2, 0.25) is 11.2 Å². The smallest absolute Gasteiger partial charge is 0.342 e. The van der Waals surface area contributed by atoms with Crippen LogP contribution in [-0.2, 0) is 15.8 Å². The molecule has 1 rings (SSSR count). The van der Waals surface area contributed by atoms with Crippen molar-refractivity contribution < 1.29 is 14.3 Å². The number of carbonyl (C=O) groups excluding carboxylic acids is 1. The first kappa shape index (κ1) is 15.8. The van der Waals surface area contributed by atoms with Crippen molar-refractivity contribution in [3.63, 3.8) is 0 Å². The molecule has 1 amide bonds. The second-order valence-electron chi connectivity index (χ2n) is 4.26. The summed E-state index contributed by atoms with van der Waals surface area (Å²) in [5.41, 5.74) is 6.78. The van der Waals surface area contributed by atoms with Gasteiger partial charge in [0.15, 0.2) is 0 Å². The van der Waals surface area contributed by atoms with Crippen LogP contribution in [0, 0.1) is 0 Å². The third-order valence-corrected chi connectivity index (χ3v) is 3.75. The molecule has 0 aliphatic heterocycles. The van der Waals surface area contributed by atoms with Crippen LogP contribution in [0.1, 0.15) is 19.4 Å². The van der Waals surface area contributed by atoms with E-state index in [1.165, 1.54) is 0 Å². The van der Waals surface area contributed by atoms with Crippen LogP contribution < -0.4 is 11.0 Å². The first-order valence-corrected chi connectivity index (χ1v) is 7.50. The van der Waals surface area contributed by atoms with Gasteiger partial charge in [-0.2, -0.15) is 4.89 Å². The average Bonchev–Trinajstić information content (AvgIpc) is 2.40. The lowest BCUT2D eigenvalue weighted by Gasteiger charge is -2.22. The van der Waals surface area contributed by atoms with Crippen LogP contribution in [-0.4, -0.2) is 34.8 Å². The molecule has 0 saturated carbocycles. The van der Waals surface area contributed by atoms with E-state index < -0.39 is 14.1 Å². The Bertz CT molecular complexity index is 444. The Balaban J connectivity index is 2.68. The van der Waals surface area contributed by atoms with Gasteiger partial charge in [-0.25, -0.2) is 0 Å². The van der Waals surface area contributed by atoms with Gasteiger partial charge in [-0.3, -0.25) is 4.79 Å². The summed E-state index contributed by atoms with van der Waals surface area (Å²) >= 11 is 0. The Morgan fingerprint density at radius 3 is 2.26 bits per heavy atom. The number of carbonyl (C=O) groups is 1. The van der Waals surface area contributed by atoms with E-state index in [0.717, 1.165) is 5.56 Å². The molecule has 1 aromatic carbocycles. The highest BCUT2D eigenvalue weighted by Crippen LogP contribution is 2.13. The Morgan fingerprint density at radius 1 is 1.32 bits per heavy atom. The van der Waals surface area contributed by atoms with Crippen molar-refractivity contribution in [2.75, 3.05) is 13.1 Å². The van der Waals surface area contributed by atoms with E-state index in [-0.39, 0.29) is 5.91 Å². The fourth-order valence-corrected chi connectivity index (χ4v) is 2.27. The molecule has 104 valence electrons. The van der Waals surface area contributed by atoms with Crippen LogP contribution in [0.2, 0.25) is 0 Å². The number of hydrogen-bond donors (Lipinski definition) is 2. The van der Waals surface area contributed by atoms with Gasteiger partial charge in [-0.1, -0.05) is 12.1 Å². The van der Waals surface area contributed by atoms with Crippen molar-refractivity contribution in [1.29, 1.82) is 0 Å². The minimum atomic E-state index is -2.31. The number of amides is 1. The zero-order valence-electron chi connectivity index (χ0n) is 11.2. The molecule has 0 aromatic heterocycles. The fraction of sp³-hybridized carbons (Fsp3) is 0.462. The quantitative estimate of drug-likeness (QED) is 0.756. The van der Waals surface area contributed by atoms with E-state index in [2.05, 4.69) is 0 Å². The molecule has 0 aliphatic rings. The maximum Gasteiger partial charge on any atom is 0.546 e. The molecule has 6 heteroatoms. The summed E-state index contributed by atoms with van der Waals surface area (Å²) in [6.07, 6.45) is 0.428. The summed E-state index contributed by atoms with van der Waals surface area (Å²) in [4.78, 5) is 22.6. The molecule has 2 unspecified atom stereocenters. The van der Waals surface area contributed by atoms with Crippen LogP contribution >= 0.6 is 8.03 Å². The number of hydrogen-bond acceptors (Lipinski definition) is 3. The zero-order valence-corrected chi connectivity index (χ0v) is 12.1. The second-order valence-corrected chi connectivity index (χ2v) is 5.32. The largest absolute Gasteiger partial charge is 0.546 e. The van der Waals surface area contributed by atoms with Gasteiger partial charge in [-0.15, -0.1) is 0 Å². The third kappa shape index (κ3) is 4.39. The van der Waals surface area contributed by atoms with Gasteiger partial charge < -0.3 is 10.6 Å². The zero-order chi connectivity index (χ0) is 14.4. The highest BCUT2D eigenvalue weighted by atomic mass is 31.1. The van der Waals surface area contributed by atoms with E-state index in [9.17, 15) is 9.36 Å². The number of rotatable bonds is 6. The molecule has 0 aliphatic carbocycles. The number of nitrogens with zero attached hydrogens (tertiary/aromatic N) is 1. The second kappa shape index (κ2) is 7.34. The molecule has 0 bridgehead atoms. The monoisotopic (exact) mass is 283 g/mol. The molecule has 0 radical (unpaired) electrons. The summed E-state index contributed by atoms with van der Waals surface area (Å²) in [7, 11) is -2.31. The van der Waals surface area contributed by atoms with Crippen LogP contribution in [0.15, 0.2) is 24.3 Å². The predicted octanol–water partition coefficient (Wildman–Crippen LogP) is 0.785. The van der Waals surface area contributed by atoms with Crippen molar-refractivity contribution >= 4 is 19.2 Å². The summed E-state index contributed by atoms with van der Waals surface area (Å²) in [5.74, 6) is -0.0673. The van der Waals surface area contributed by atoms with E-state index >= 15 is 0 Å². The number of nitrogens with two attached hydrogens (primary N) is 1. The molecule has 3 N–H and O–H groups in total. The normalized spacial score (nSPS) is 12.9. The first-order chi connectivity index (χ1) is 8.99. The molecular weight excluding hydrogens is 263 g/mol. The summed E-state index contributed by atoms with van der Waals surface area (Å²) < 4.78 is 10.9. The number of likely N-dealkylation sites (N-methyl/N-ethyl adjacent to an activating group) is 1. The van der Waals surface area contributed by atoms with Crippen LogP contribution in [0.4, 0.5) is 0 Å². The van der Waals surface area contributed by atoms with Crippen LogP contribution in [0.25, 0.3) is 0 Å². The Hall–Kier alpha value is -1.29. The van der Waals surface area contributed by atoms with Crippen molar-refractivity contribution in [2.45, 2.75) is 26.3 Å². The average molecular weight is 283 g/mol. The van der Waals surface area contributed by atoms with Crippen LogP contribution in [0.5, 0.6) is 0 Å². The van der Waals surface area contributed by atoms with Gasteiger partial charge in [0, 0.05) is 13.1 Å².